The van der Waals surface area contributed by atoms with Crippen LogP contribution in [0, 0.1) is 61.2 Å². The molecule has 12 aromatic rings. The third-order valence-corrected chi connectivity index (χ3v) is 34.9. The average Bonchev–Trinajstić information content (AvgIpc) is 1.30. The zero-order valence-corrected chi connectivity index (χ0v) is 92.0. The Morgan fingerprint density at radius 3 is 0.943 bits per heavy atom. The summed E-state index contributed by atoms with van der Waals surface area (Å²) in [4.78, 5) is 0. The molecule has 140 heavy (non-hydrogen) atoms. The Labute approximate surface area is 890 Å². The Morgan fingerprint density at radius 1 is 0.386 bits per heavy atom. The minimum atomic E-state index is -3.58. The molecule has 21 nitrogen and oxygen atoms in total. The van der Waals surface area contributed by atoms with E-state index in [-0.39, 0.29) is 47.3 Å². The number of hydrogen-bond donors (Lipinski definition) is 5. The number of aromatic nitrogens is 8. The minimum absolute atomic E-state index is 0.0129. The van der Waals surface area contributed by atoms with Crippen LogP contribution in [0.3, 0.4) is 0 Å². The first-order valence-electron chi connectivity index (χ1n) is 45.0. The molecule has 4 atom stereocenters. The second-order valence-corrected chi connectivity index (χ2v) is 52.8. The number of halogens is 14. The summed E-state index contributed by atoms with van der Waals surface area (Å²) in [5, 5.41) is 30.7. The van der Waals surface area contributed by atoms with Gasteiger partial charge in [-0.25, -0.2) is 61.8 Å². The van der Waals surface area contributed by atoms with Crippen LogP contribution in [0.15, 0.2) is 194 Å². The van der Waals surface area contributed by atoms with Crippen molar-refractivity contribution in [3.63, 3.8) is 0 Å². The van der Waals surface area contributed by atoms with Crippen LogP contribution in [0.25, 0.3) is 67.8 Å². The molecule has 8 aliphatic rings. The maximum absolute atomic E-state index is 13.3. The molecule has 4 unspecified atom stereocenters. The Morgan fingerprint density at radius 2 is 0.671 bits per heavy atom. The van der Waals surface area contributed by atoms with Crippen LogP contribution in [-0.2, 0) is 65.0 Å². The molecule has 20 rings (SSSR count). The zero-order valence-electron chi connectivity index (χ0n) is 78.2. The molecule has 39 heteroatoms. The maximum atomic E-state index is 13.3. The van der Waals surface area contributed by atoms with E-state index in [4.69, 9.17) is 178 Å². The number of sulfone groups is 1. The van der Waals surface area contributed by atoms with E-state index in [2.05, 4.69) is 70.9 Å². The van der Waals surface area contributed by atoms with Crippen molar-refractivity contribution in [3.05, 3.63) is 299 Å². The average molecular weight is 2260 g/mol. The molecule has 4 heterocycles. The lowest BCUT2D eigenvalue weighted by Crippen LogP contribution is -2.64. The molecule has 8 aromatic carbocycles. The molecule has 0 radical (unpaired) electrons. The maximum Gasteiger partial charge on any atom is 0.233 e. The predicted molar refractivity (Wildman–Crippen MR) is 580 cm³/mol. The molecule has 4 aromatic heterocycles. The van der Waals surface area contributed by atoms with Crippen molar-refractivity contribution >= 4 is 200 Å². The molecule has 8 fully saturated rings. The minimum Gasteiger partial charge on any atom is -0.325 e. The van der Waals surface area contributed by atoms with Gasteiger partial charge in [0.25, 0.3) is 0 Å². The van der Waals surface area contributed by atoms with Gasteiger partial charge in [0, 0.05) is 132 Å². The van der Waals surface area contributed by atoms with Gasteiger partial charge < -0.3 is 16.8 Å². The van der Waals surface area contributed by atoms with Gasteiger partial charge in [0.2, 0.25) is 29.1 Å². The number of sulfonamides is 2. The molecule has 0 amide bonds. The van der Waals surface area contributed by atoms with Gasteiger partial charge >= 0.3 is 0 Å². The number of nitrogens with two attached hydrogens (primary N) is 2. The molecular weight excluding hydrogens is 2150 g/mol. The molecule has 0 aliphatic heterocycles. The van der Waals surface area contributed by atoms with Crippen LogP contribution >= 0.6 is 161 Å². The fraction of sp³-hybridized carbons (Fsp3) is 0.366. The normalized spacial score (nSPS) is 21.5. The predicted octanol–water partition coefficient (Wildman–Crippen LogP) is 27.6. The van der Waals surface area contributed by atoms with Crippen molar-refractivity contribution < 1.29 is 33.7 Å². The van der Waals surface area contributed by atoms with Crippen LogP contribution in [0.2, 0.25) is 60.3 Å². The lowest BCUT2D eigenvalue weighted by Gasteiger charge is -2.65. The van der Waals surface area contributed by atoms with Gasteiger partial charge in [-0.05, 0) is 271 Å². The van der Waals surface area contributed by atoms with Crippen LogP contribution in [0.4, 0.5) is 0 Å². The summed E-state index contributed by atoms with van der Waals surface area (Å²) in [7, 11) is -9.06. The molecule has 8 aliphatic carbocycles. The summed E-state index contributed by atoms with van der Waals surface area (Å²) in [6, 6.07) is 50.5. The van der Waals surface area contributed by atoms with E-state index in [9.17, 15) is 33.7 Å². The summed E-state index contributed by atoms with van der Waals surface area (Å²) in [6.45, 7) is 25.0. The number of aryl methyl sites for hydroxylation is 1. The fourth-order valence-electron chi connectivity index (χ4n) is 22.6. The van der Waals surface area contributed by atoms with E-state index in [0.717, 1.165) is 107 Å². The van der Waals surface area contributed by atoms with Gasteiger partial charge in [-0.15, -0.1) is 11.6 Å². The number of rotatable bonds is 26. The van der Waals surface area contributed by atoms with Gasteiger partial charge in [-0.1, -0.05) is 229 Å². The Bertz CT molecular complexity index is 6840. The smallest absolute Gasteiger partial charge is 0.233 e. The van der Waals surface area contributed by atoms with E-state index in [1.807, 2.05) is 113 Å². The molecular formula is C101H109Cl14N13O8S4. The highest BCUT2D eigenvalue weighted by atomic mass is 35.7. The molecule has 0 saturated heterocycles. The lowest BCUT2D eigenvalue weighted by atomic mass is 9.43. The van der Waals surface area contributed by atoms with Gasteiger partial charge in [0.1, 0.15) is 0 Å². The number of nitrogens with one attached hydrogen (secondary N) is 3. The third-order valence-electron chi connectivity index (χ3n) is 26.6. The first kappa shape index (κ1) is 111. The van der Waals surface area contributed by atoms with Crippen LogP contribution in [0.1, 0.15) is 150 Å². The van der Waals surface area contributed by atoms with Crippen LogP contribution in [-0.4, -0.2) is 114 Å². The van der Waals surface area contributed by atoms with Gasteiger partial charge in [0.05, 0.1) is 119 Å². The number of benzene rings is 8. The van der Waals surface area contributed by atoms with E-state index >= 15 is 0 Å². The van der Waals surface area contributed by atoms with Crippen molar-refractivity contribution in [2.45, 2.75) is 170 Å². The second kappa shape index (κ2) is 45.2. The second-order valence-electron chi connectivity index (χ2n) is 38.7. The van der Waals surface area contributed by atoms with E-state index < -0.39 is 38.9 Å². The number of nitrogens with zero attached hydrogens (tertiary/aromatic N) is 8. The van der Waals surface area contributed by atoms with Gasteiger partial charge in [-0.2, -0.15) is 20.4 Å². The summed E-state index contributed by atoms with van der Waals surface area (Å²) < 4.78 is 105. The van der Waals surface area contributed by atoms with Crippen molar-refractivity contribution in [1.82, 2.24) is 53.9 Å². The van der Waals surface area contributed by atoms with Crippen molar-refractivity contribution in [2.24, 2.45) is 45.0 Å². The SMILES string of the molecule is C=CS(=O)(=O)NCc1nn(-c2ccc(Cl)cc2Cl)c(-c2ccc(Cl)cc2)c1C.C=CS(=O)(=O)NCc1nn(-c2ccc(Cl)cc2Cl)c(-c2ccc(Cl)cc2)c1C.CC12CC3CC(C)(C1)CC(N)(C3)C2.Cc1c(CCS(=O)(=O)CCNC23CC4CC(C)(CC(C)(C4)C2)C3)nn(-c2ccc(Cl)cc2Cl)c1-c1ccc(Cl)cc1.Cc1c(CN)nn(-c2ccc(Cl)cc2Cl)c1-c1ccc(Cl)cc1.O=S(=O)(Cl)CCCl. The Hall–Kier alpha value is -6.26. The molecule has 7 N–H and O–H groups in total. The van der Waals surface area contributed by atoms with Gasteiger partial charge in [-0.3, -0.25) is 0 Å². The van der Waals surface area contributed by atoms with E-state index in [0.29, 0.717) is 130 Å². The van der Waals surface area contributed by atoms with Crippen LogP contribution < -0.4 is 26.2 Å². The van der Waals surface area contributed by atoms with E-state index in [1.54, 1.807) is 104 Å². The van der Waals surface area contributed by atoms with E-state index in [1.165, 1.54) is 77.0 Å². The quantitative estimate of drug-likeness (QED) is 0.0249. The Balaban J connectivity index is 0.000000150. The summed E-state index contributed by atoms with van der Waals surface area (Å²) in [5.41, 5.74) is 30.5. The molecule has 0 spiro atoms. The van der Waals surface area contributed by atoms with Crippen molar-refractivity contribution in [2.75, 3.05) is 29.7 Å². The topological polar surface area (TPSA) is 296 Å². The monoisotopic (exact) mass is 2250 g/mol. The third kappa shape index (κ3) is 27.6. The van der Waals surface area contributed by atoms with Crippen molar-refractivity contribution in [1.29, 1.82) is 0 Å². The largest absolute Gasteiger partial charge is 0.325 e. The summed E-state index contributed by atoms with van der Waals surface area (Å²) >= 11 is 79.1. The highest BCUT2D eigenvalue weighted by Crippen LogP contribution is 2.67. The molecule has 8 bridgehead atoms. The molecule has 8 saturated carbocycles. The Kier molecular flexibility index (Phi) is 35.8. The fourth-order valence-corrected chi connectivity index (χ4v) is 28.3. The first-order valence-corrected chi connectivity index (χ1v) is 57.5. The number of hydrogen-bond acceptors (Lipinski definition) is 15. The van der Waals surface area contributed by atoms with Crippen molar-refractivity contribution in [3.8, 4) is 67.8 Å². The summed E-state index contributed by atoms with van der Waals surface area (Å²) in [6.07, 6.45) is 16.1. The number of alkyl halides is 1. The lowest BCUT2D eigenvalue weighted by molar-refractivity contribution is -0.117. The standard InChI is InChI=1S/C32H38Cl3N3O2S.2C19H16Cl3N3O2S.C17H14Cl3N3.C12H21N.C2H4Cl2O2S/c1-21-27(37-38(28-9-8-25(34)14-26(28)35)29(21)23-4-6-24(33)7-5-23)10-12-41(39,40)13-11-36-32-17-22-15-30(2,19-32)18-31(3,16-22)20-32;2*1-3-28(26,27)23-11-17-12(2)19(13-4-6-14(20)7-5-13)25(24-17)18-9-8-15(21)10-16(18)22;1-10-15(9-21)22-23(16-7-6-13(19)8-14(16)20)17(10)11-2-4-12(18)5-3-11;1-10-3-9-4-11(2,6-10)8-12(13,5-9)7-10;3-1-2-7(4,5)6/h4-9,14,22,36H,10-13,15-20H2,1-3H3;2*3-10,23H,1,11H2,2H3;2-8H,9,21H2,1H3;9H,3-8,13H2,1-2H3;1-2H2. The highest BCUT2D eigenvalue weighted by molar-refractivity contribution is 8.13. The molecule has 748 valence electrons. The van der Waals surface area contributed by atoms with Gasteiger partial charge in [0.15, 0.2) is 9.84 Å². The first-order chi connectivity index (χ1) is 65.7. The van der Waals surface area contributed by atoms with Crippen LogP contribution in [0.5, 0.6) is 0 Å². The zero-order chi connectivity index (χ0) is 102. The highest BCUT2D eigenvalue weighted by Gasteiger charge is 2.61. The summed E-state index contributed by atoms with van der Waals surface area (Å²) in [5.74, 6) is 1.82.